The molecule has 0 aromatic heterocycles. The van der Waals surface area contributed by atoms with Crippen molar-refractivity contribution in [2.45, 2.75) is 11.7 Å². The first-order chi connectivity index (χ1) is 14.0. The fraction of sp³-hybridized carbons (Fsp3) is 0.211. The molecule has 0 bridgehead atoms. The lowest BCUT2D eigenvalue weighted by atomic mass is 10.2. The summed E-state index contributed by atoms with van der Waals surface area (Å²) >= 11 is 1.10. The number of thioether (sulfide) groups is 1. The van der Waals surface area contributed by atoms with Gasteiger partial charge in [0, 0.05) is 18.6 Å². The second kappa shape index (κ2) is 8.08. The van der Waals surface area contributed by atoms with Gasteiger partial charge in [-0.3, -0.25) is 9.59 Å². The van der Waals surface area contributed by atoms with E-state index in [9.17, 15) is 18.4 Å². The van der Waals surface area contributed by atoms with Gasteiger partial charge in [0.05, 0.1) is 11.4 Å². The highest BCUT2D eigenvalue weighted by atomic mass is 32.2. The first-order valence-corrected chi connectivity index (χ1v) is 9.57. The standard InChI is InChI=1S/C19H15F2N3O4S/c20-10-1-3-13(12(21)7-10)23-17(25)9-16-18(26)24-19(29-16)22-11-2-4-14-15(8-11)28-6-5-27-14/h1-4,7-8,16H,5-6,9H2,(H,23,25)(H,22,24,26)/t16-/m1/s1. The summed E-state index contributed by atoms with van der Waals surface area (Å²) in [7, 11) is 0. The molecule has 150 valence electrons. The largest absolute Gasteiger partial charge is 0.486 e. The molecule has 1 atom stereocenters. The molecule has 2 N–H and O–H groups in total. The number of ether oxygens (including phenoxy) is 2. The molecule has 0 spiro atoms. The maximum Gasteiger partial charge on any atom is 0.240 e. The second-order valence-electron chi connectivity index (χ2n) is 6.22. The van der Waals surface area contributed by atoms with Crippen molar-refractivity contribution in [1.29, 1.82) is 0 Å². The summed E-state index contributed by atoms with van der Waals surface area (Å²) in [5.74, 6) is -1.37. The molecule has 4 rings (SSSR count). The molecule has 2 aromatic carbocycles. The SMILES string of the molecule is O=C(C[C@H]1SC(=Nc2ccc3c(c2)OCCO3)NC1=O)Nc1ccc(F)cc1F. The predicted octanol–water partition coefficient (Wildman–Crippen LogP) is 2.98. The van der Waals surface area contributed by atoms with Crippen molar-refractivity contribution >= 4 is 40.1 Å². The van der Waals surface area contributed by atoms with E-state index < -0.39 is 22.8 Å². The predicted molar refractivity (Wildman–Crippen MR) is 104 cm³/mol. The molecule has 0 radical (unpaired) electrons. The number of carbonyl (C=O) groups excluding carboxylic acids is 2. The summed E-state index contributed by atoms with van der Waals surface area (Å²) in [5.41, 5.74) is 0.417. The minimum atomic E-state index is -0.886. The normalized spacial score (nSPS) is 19.2. The van der Waals surface area contributed by atoms with Crippen LogP contribution in [0.25, 0.3) is 0 Å². The van der Waals surface area contributed by atoms with E-state index in [0.717, 1.165) is 23.9 Å². The number of halogens is 2. The van der Waals surface area contributed by atoms with Crippen molar-refractivity contribution in [3.63, 3.8) is 0 Å². The van der Waals surface area contributed by atoms with Gasteiger partial charge in [-0.05, 0) is 24.3 Å². The van der Waals surface area contributed by atoms with Gasteiger partial charge in [-0.15, -0.1) is 0 Å². The summed E-state index contributed by atoms with van der Waals surface area (Å²) in [4.78, 5) is 28.6. The van der Waals surface area contributed by atoms with Crippen LogP contribution in [0.4, 0.5) is 20.2 Å². The van der Waals surface area contributed by atoms with Crippen LogP contribution >= 0.6 is 11.8 Å². The second-order valence-corrected chi connectivity index (χ2v) is 7.41. The number of amides is 2. The van der Waals surface area contributed by atoms with Gasteiger partial charge in [-0.2, -0.15) is 0 Å². The van der Waals surface area contributed by atoms with Gasteiger partial charge in [0.25, 0.3) is 0 Å². The number of benzene rings is 2. The van der Waals surface area contributed by atoms with Gasteiger partial charge in [-0.1, -0.05) is 11.8 Å². The van der Waals surface area contributed by atoms with E-state index in [4.69, 9.17) is 9.47 Å². The maximum atomic E-state index is 13.6. The Labute approximate surface area is 168 Å². The molecule has 29 heavy (non-hydrogen) atoms. The van der Waals surface area contributed by atoms with Crippen LogP contribution in [0.2, 0.25) is 0 Å². The number of aliphatic imine (C=N–C) groups is 1. The molecule has 7 nitrogen and oxygen atoms in total. The zero-order valence-corrected chi connectivity index (χ0v) is 15.7. The van der Waals surface area contributed by atoms with E-state index in [-0.39, 0.29) is 18.0 Å². The van der Waals surface area contributed by atoms with Gasteiger partial charge >= 0.3 is 0 Å². The molecule has 10 heteroatoms. The molecule has 2 aromatic rings. The molecular formula is C19H15F2N3O4S. The fourth-order valence-electron chi connectivity index (χ4n) is 2.77. The van der Waals surface area contributed by atoms with E-state index >= 15 is 0 Å². The fourth-order valence-corrected chi connectivity index (χ4v) is 3.76. The Morgan fingerprint density at radius 3 is 2.76 bits per heavy atom. The lowest BCUT2D eigenvalue weighted by Gasteiger charge is -2.18. The number of hydrogen-bond donors (Lipinski definition) is 2. The van der Waals surface area contributed by atoms with E-state index in [0.29, 0.717) is 41.6 Å². The highest BCUT2D eigenvalue weighted by molar-refractivity contribution is 8.15. The zero-order valence-electron chi connectivity index (χ0n) is 14.9. The van der Waals surface area contributed by atoms with Gasteiger partial charge < -0.3 is 20.1 Å². The van der Waals surface area contributed by atoms with Crippen molar-refractivity contribution in [3.05, 3.63) is 48.0 Å². The summed E-state index contributed by atoms with van der Waals surface area (Å²) in [6.45, 7) is 0.933. The minimum Gasteiger partial charge on any atom is -0.486 e. The van der Waals surface area contributed by atoms with E-state index in [1.165, 1.54) is 0 Å². The molecule has 1 saturated heterocycles. The Bertz CT molecular complexity index is 1010. The van der Waals surface area contributed by atoms with Crippen LogP contribution < -0.4 is 20.1 Å². The van der Waals surface area contributed by atoms with Crippen LogP contribution in [0.5, 0.6) is 11.5 Å². The topological polar surface area (TPSA) is 89.0 Å². The van der Waals surface area contributed by atoms with Crippen molar-refractivity contribution in [3.8, 4) is 11.5 Å². The molecule has 1 fully saturated rings. The Kier molecular flexibility index (Phi) is 5.34. The third-order valence-corrected chi connectivity index (χ3v) is 5.19. The summed E-state index contributed by atoms with van der Waals surface area (Å²) in [6.07, 6.45) is -0.187. The molecule has 2 heterocycles. The van der Waals surface area contributed by atoms with Gasteiger partial charge in [-0.25, -0.2) is 13.8 Å². The summed E-state index contributed by atoms with van der Waals surface area (Å²) < 4.78 is 37.5. The quantitative estimate of drug-likeness (QED) is 0.796. The van der Waals surface area contributed by atoms with Crippen LogP contribution in [0, 0.1) is 11.6 Å². The smallest absolute Gasteiger partial charge is 0.240 e. The molecule has 2 amide bonds. The summed E-state index contributed by atoms with van der Waals surface area (Å²) in [6, 6.07) is 7.99. The van der Waals surface area contributed by atoms with Gasteiger partial charge in [0.1, 0.15) is 30.1 Å². The number of amidine groups is 1. The highest BCUT2D eigenvalue weighted by Gasteiger charge is 2.32. The molecule has 2 aliphatic rings. The van der Waals surface area contributed by atoms with Crippen LogP contribution in [-0.4, -0.2) is 35.4 Å². The Morgan fingerprint density at radius 2 is 1.97 bits per heavy atom. The average molecular weight is 419 g/mol. The lowest BCUT2D eigenvalue weighted by molar-refractivity contribution is -0.122. The van der Waals surface area contributed by atoms with Crippen LogP contribution in [0.15, 0.2) is 41.4 Å². The molecule has 0 unspecified atom stereocenters. The number of anilines is 1. The number of hydrogen-bond acceptors (Lipinski definition) is 6. The van der Waals surface area contributed by atoms with Gasteiger partial charge in [0.2, 0.25) is 11.8 Å². The van der Waals surface area contributed by atoms with Crippen LogP contribution in [-0.2, 0) is 9.59 Å². The zero-order chi connectivity index (χ0) is 20.4. The van der Waals surface area contributed by atoms with Crippen LogP contribution in [0.1, 0.15) is 6.42 Å². The lowest BCUT2D eigenvalue weighted by Crippen LogP contribution is -2.28. The third-order valence-electron chi connectivity index (χ3n) is 4.11. The number of carbonyl (C=O) groups is 2. The number of fused-ring (bicyclic) bond motifs is 1. The first kappa shape index (κ1) is 19.2. The van der Waals surface area contributed by atoms with Crippen molar-refractivity contribution in [1.82, 2.24) is 5.32 Å². The number of nitrogens with one attached hydrogen (secondary N) is 2. The van der Waals surface area contributed by atoms with E-state index in [2.05, 4.69) is 15.6 Å². The molecule has 2 aliphatic heterocycles. The Morgan fingerprint density at radius 1 is 1.17 bits per heavy atom. The molecular weight excluding hydrogens is 404 g/mol. The van der Waals surface area contributed by atoms with Crippen molar-refractivity contribution in [2.24, 2.45) is 4.99 Å². The van der Waals surface area contributed by atoms with Crippen molar-refractivity contribution < 1.29 is 27.8 Å². The Hall–Kier alpha value is -3.14. The van der Waals surface area contributed by atoms with Gasteiger partial charge in [0.15, 0.2) is 16.7 Å². The molecule has 0 saturated carbocycles. The third kappa shape index (κ3) is 4.48. The first-order valence-electron chi connectivity index (χ1n) is 8.69. The maximum absolute atomic E-state index is 13.6. The van der Waals surface area contributed by atoms with Crippen molar-refractivity contribution in [2.75, 3.05) is 18.5 Å². The summed E-state index contributed by atoms with van der Waals surface area (Å²) in [5, 5.41) is 4.59. The number of rotatable bonds is 4. The molecule has 0 aliphatic carbocycles. The Balaban J connectivity index is 1.40. The minimum absolute atomic E-state index is 0.148. The van der Waals surface area contributed by atoms with Crippen LogP contribution in [0.3, 0.4) is 0 Å². The average Bonchev–Trinajstić information content (AvgIpc) is 3.02. The van der Waals surface area contributed by atoms with E-state index in [1.807, 2.05) is 0 Å². The monoisotopic (exact) mass is 419 g/mol. The van der Waals surface area contributed by atoms with E-state index in [1.54, 1.807) is 18.2 Å². The number of nitrogens with zero attached hydrogens (tertiary/aromatic N) is 1. The highest BCUT2D eigenvalue weighted by Crippen LogP contribution is 2.34.